The lowest BCUT2D eigenvalue weighted by molar-refractivity contribution is 0.881. The lowest BCUT2D eigenvalue weighted by Gasteiger charge is -2.15. The molecule has 0 spiro atoms. The Bertz CT molecular complexity index is 285. The number of hydrogen-bond donors (Lipinski definition) is 0. The molecule has 0 amide bonds. The first-order valence-electron chi connectivity index (χ1n) is 4.45. The smallest absolute Gasteiger partial charge is 0.151 e. The van der Waals surface area contributed by atoms with Gasteiger partial charge in [0.2, 0.25) is 0 Å². The van der Waals surface area contributed by atoms with Gasteiger partial charge in [-0.3, -0.25) is 0 Å². The van der Waals surface area contributed by atoms with E-state index in [-0.39, 0.29) is 0 Å². The highest BCUT2D eigenvalue weighted by molar-refractivity contribution is 9.09. The summed E-state index contributed by atoms with van der Waals surface area (Å²) in [6, 6.07) is 4.04. The van der Waals surface area contributed by atoms with Crippen molar-refractivity contribution in [1.29, 1.82) is 0 Å². The summed E-state index contributed by atoms with van der Waals surface area (Å²) in [4.78, 5) is 2.86. The molecule has 0 aliphatic carbocycles. The van der Waals surface area contributed by atoms with Crippen LogP contribution in [0.4, 0.5) is 5.82 Å². The third kappa shape index (κ3) is 1.99. The van der Waals surface area contributed by atoms with Gasteiger partial charge in [-0.05, 0) is 25.5 Å². The van der Waals surface area contributed by atoms with Gasteiger partial charge in [0.15, 0.2) is 5.82 Å². The molecule has 1 aromatic heterocycles. The molecule has 70 valence electrons. The first-order chi connectivity index (χ1) is 6.25. The van der Waals surface area contributed by atoms with Crippen LogP contribution in [-0.4, -0.2) is 28.1 Å². The van der Waals surface area contributed by atoms with Gasteiger partial charge in [-0.1, -0.05) is 15.9 Å². The Kier molecular flexibility index (Phi) is 2.49. The Morgan fingerprint density at radius 1 is 1.46 bits per heavy atom. The zero-order chi connectivity index (χ0) is 9.26. The van der Waals surface area contributed by atoms with Crippen molar-refractivity contribution in [3.8, 4) is 0 Å². The molecule has 0 N–H and O–H groups in total. The maximum absolute atomic E-state index is 4.15. The van der Waals surface area contributed by atoms with Crippen LogP contribution in [0.25, 0.3) is 0 Å². The number of halogens is 1. The molecule has 1 fully saturated rings. The topological polar surface area (TPSA) is 29.0 Å². The molecule has 13 heavy (non-hydrogen) atoms. The largest absolute Gasteiger partial charge is 0.354 e. The number of nitrogens with zero attached hydrogens (tertiary/aromatic N) is 3. The van der Waals surface area contributed by atoms with E-state index in [1.807, 2.05) is 19.1 Å². The monoisotopic (exact) mass is 241 g/mol. The molecule has 1 aromatic rings. The van der Waals surface area contributed by atoms with Crippen LogP contribution in [0.1, 0.15) is 12.1 Å². The molecular weight excluding hydrogens is 230 g/mol. The van der Waals surface area contributed by atoms with E-state index in [0.29, 0.717) is 4.83 Å². The molecule has 1 atom stereocenters. The minimum absolute atomic E-state index is 0.607. The highest BCUT2D eigenvalue weighted by Crippen LogP contribution is 2.21. The molecule has 4 heteroatoms. The van der Waals surface area contributed by atoms with Gasteiger partial charge in [0, 0.05) is 17.9 Å². The van der Waals surface area contributed by atoms with Crippen LogP contribution in [0.2, 0.25) is 0 Å². The molecule has 3 nitrogen and oxygen atoms in total. The van der Waals surface area contributed by atoms with E-state index < -0.39 is 0 Å². The molecule has 2 heterocycles. The Hall–Kier alpha value is -0.640. The van der Waals surface area contributed by atoms with Crippen molar-refractivity contribution in [3.63, 3.8) is 0 Å². The predicted octanol–water partition coefficient (Wildman–Crippen LogP) is 1.76. The molecule has 1 aliphatic rings. The molecule has 1 unspecified atom stereocenters. The molecule has 0 aromatic carbocycles. The second-order valence-corrected chi connectivity index (χ2v) is 4.66. The number of alkyl halides is 1. The zero-order valence-electron chi connectivity index (χ0n) is 7.57. The van der Waals surface area contributed by atoms with Crippen LogP contribution in [-0.2, 0) is 0 Å². The third-order valence-corrected chi connectivity index (χ3v) is 2.99. The van der Waals surface area contributed by atoms with E-state index in [2.05, 4.69) is 31.0 Å². The number of aromatic nitrogens is 2. The first-order valence-corrected chi connectivity index (χ1v) is 5.36. The van der Waals surface area contributed by atoms with Gasteiger partial charge in [0.25, 0.3) is 0 Å². The molecule has 2 rings (SSSR count). The normalized spacial score (nSPS) is 22.3. The van der Waals surface area contributed by atoms with E-state index in [0.717, 1.165) is 24.6 Å². The van der Waals surface area contributed by atoms with Crippen molar-refractivity contribution < 1.29 is 0 Å². The van der Waals surface area contributed by atoms with Crippen molar-refractivity contribution in [2.75, 3.05) is 18.0 Å². The molecule has 1 saturated heterocycles. The van der Waals surface area contributed by atoms with Gasteiger partial charge < -0.3 is 4.90 Å². The molecule has 0 saturated carbocycles. The fourth-order valence-electron chi connectivity index (χ4n) is 1.49. The fourth-order valence-corrected chi connectivity index (χ4v) is 2.04. The van der Waals surface area contributed by atoms with Crippen LogP contribution in [0.3, 0.4) is 0 Å². The van der Waals surface area contributed by atoms with E-state index in [9.17, 15) is 0 Å². The second kappa shape index (κ2) is 3.62. The Labute approximate surface area is 86.3 Å². The zero-order valence-corrected chi connectivity index (χ0v) is 9.16. The van der Waals surface area contributed by atoms with E-state index >= 15 is 0 Å². The number of hydrogen-bond acceptors (Lipinski definition) is 3. The SMILES string of the molecule is Cc1ccc(N2CCC(Br)C2)nn1. The van der Waals surface area contributed by atoms with Crippen molar-refractivity contribution in [2.45, 2.75) is 18.2 Å². The van der Waals surface area contributed by atoms with Gasteiger partial charge in [0.05, 0.1) is 5.69 Å². The number of rotatable bonds is 1. The predicted molar refractivity (Wildman–Crippen MR) is 56.3 cm³/mol. The van der Waals surface area contributed by atoms with Gasteiger partial charge >= 0.3 is 0 Å². The summed E-state index contributed by atoms with van der Waals surface area (Å²) < 4.78 is 0. The summed E-state index contributed by atoms with van der Waals surface area (Å²) in [5, 5.41) is 8.19. The van der Waals surface area contributed by atoms with E-state index in [4.69, 9.17) is 0 Å². The van der Waals surface area contributed by atoms with Crippen LogP contribution >= 0.6 is 15.9 Å². The standard InChI is InChI=1S/C9H12BrN3/c1-7-2-3-9(12-11-7)13-5-4-8(10)6-13/h2-3,8H,4-6H2,1H3. The van der Waals surface area contributed by atoms with E-state index in [1.54, 1.807) is 0 Å². The van der Waals surface area contributed by atoms with Crippen molar-refractivity contribution in [2.24, 2.45) is 0 Å². The summed E-state index contributed by atoms with van der Waals surface area (Å²) in [6.07, 6.45) is 1.19. The van der Waals surface area contributed by atoms with Crippen LogP contribution < -0.4 is 4.90 Å². The highest BCUT2D eigenvalue weighted by atomic mass is 79.9. The Morgan fingerprint density at radius 2 is 2.31 bits per heavy atom. The number of anilines is 1. The Balaban J connectivity index is 2.13. The first kappa shape index (κ1) is 8.94. The molecular formula is C9H12BrN3. The van der Waals surface area contributed by atoms with Crippen LogP contribution in [0, 0.1) is 6.92 Å². The summed E-state index contributed by atoms with van der Waals surface area (Å²) in [5.41, 5.74) is 0.971. The lowest BCUT2D eigenvalue weighted by Crippen LogP contribution is -2.21. The fraction of sp³-hybridized carbons (Fsp3) is 0.556. The van der Waals surface area contributed by atoms with Gasteiger partial charge in [-0.25, -0.2) is 0 Å². The third-order valence-electron chi connectivity index (χ3n) is 2.24. The maximum atomic E-state index is 4.15. The summed E-state index contributed by atoms with van der Waals surface area (Å²) in [5.74, 6) is 0.993. The summed E-state index contributed by atoms with van der Waals surface area (Å²) >= 11 is 3.60. The average molecular weight is 242 g/mol. The van der Waals surface area contributed by atoms with Crippen LogP contribution in [0.15, 0.2) is 12.1 Å². The van der Waals surface area contributed by atoms with E-state index in [1.165, 1.54) is 6.42 Å². The highest BCUT2D eigenvalue weighted by Gasteiger charge is 2.20. The number of aryl methyl sites for hydroxylation is 1. The molecule has 0 bridgehead atoms. The van der Waals surface area contributed by atoms with Gasteiger partial charge in [-0.2, -0.15) is 5.10 Å². The minimum atomic E-state index is 0.607. The quantitative estimate of drug-likeness (QED) is 0.702. The minimum Gasteiger partial charge on any atom is -0.354 e. The molecule has 1 aliphatic heterocycles. The average Bonchev–Trinajstić information content (AvgIpc) is 2.53. The van der Waals surface area contributed by atoms with Gasteiger partial charge in [-0.15, -0.1) is 5.10 Å². The molecule has 0 radical (unpaired) electrons. The van der Waals surface area contributed by atoms with Crippen molar-refractivity contribution in [3.05, 3.63) is 17.8 Å². The summed E-state index contributed by atoms with van der Waals surface area (Å²) in [6.45, 7) is 4.07. The van der Waals surface area contributed by atoms with Crippen LogP contribution in [0.5, 0.6) is 0 Å². The van der Waals surface area contributed by atoms with Gasteiger partial charge in [0.1, 0.15) is 0 Å². The summed E-state index contributed by atoms with van der Waals surface area (Å²) in [7, 11) is 0. The lowest BCUT2D eigenvalue weighted by atomic mass is 10.4. The Morgan fingerprint density at radius 3 is 2.85 bits per heavy atom. The second-order valence-electron chi connectivity index (χ2n) is 3.36. The maximum Gasteiger partial charge on any atom is 0.151 e. The van der Waals surface area contributed by atoms with Crippen molar-refractivity contribution >= 4 is 21.7 Å². The van der Waals surface area contributed by atoms with Crippen molar-refractivity contribution in [1.82, 2.24) is 10.2 Å².